The normalized spacial score (nSPS) is 10.6. The molecule has 4 nitrogen and oxygen atoms in total. The number of pyridine rings is 1. The second-order valence-electron chi connectivity index (χ2n) is 4.41. The van der Waals surface area contributed by atoms with Crippen molar-refractivity contribution in [3.63, 3.8) is 0 Å². The number of fused-ring (bicyclic) bond motifs is 1. The Morgan fingerprint density at radius 1 is 1.05 bits per heavy atom. The van der Waals surface area contributed by atoms with Gasteiger partial charge in [-0.15, -0.1) is 5.75 Å². The zero-order valence-electron chi connectivity index (χ0n) is 10.4. The first kappa shape index (κ1) is 12.2. The fourth-order valence-corrected chi connectivity index (χ4v) is 2.16. The summed E-state index contributed by atoms with van der Waals surface area (Å²) >= 11 is 0. The van der Waals surface area contributed by atoms with Gasteiger partial charge in [-0.1, -0.05) is 42.5 Å². The summed E-state index contributed by atoms with van der Waals surface area (Å²) in [6, 6.07) is 14.8. The van der Waals surface area contributed by atoms with Crippen molar-refractivity contribution in [3.05, 3.63) is 60.2 Å². The van der Waals surface area contributed by atoms with Crippen molar-refractivity contribution in [1.82, 2.24) is 4.98 Å². The SMILES string of the molecule is O=C(O)c1cc(-c2cccc([O-])c2)nc2ccccc12. The van der Waals surface area contributed by atoms with E-state index in [4.69, 9.17) is 0 Å². The van der Waals surface area contributed by atoms with Crippen molar-refractivity contribution < 1.29 is 15.0 Å². The van der Waals surface area contributed by atoms with E-state index in [1.807, 2.05) is 0 Å². The first-order chi connectivity index (χ1) is 9.65. The number of carboxylic acids is 1. The van der Waals surface area contributed by atoms with E-state index in [-0.39, 0.29) is 11.3 Å². The van der Waals surface area contributed by atoms with Gasteiger partial charge in [0.15, 0.2) is 0 Å². The van der Waals surface area contributed by atoms with E-state index in [1.54, 1.807) is 36.4 Å². The smallest absolute Gasteiger partial charge is 0.336 e. The largest absolute Gasteiger partial charge is 0.872 e. The van der Waals surface area contributed by atoms with Crippen LogP contribution < -0.4 is 5.11 Å². The van der Waals surface area contributed by atoms with Crippen LogP contribution in [0.4, 0.5) is 0 Å². The molecule has 0 amide bonds. The van der Waals surface area contributed by atoms with Gasteiger partial charge in [-0.3, -0.25) is 0 Å². The van der Waals surface area contributed by atoms with Crippen molar-refractivity contribution in [2.45, 2.75) is 0 Å². The lowest BCUT2D eigenvalue weighted by molar-refractivity contribution is -0.268. The molecule has 98 valence electrons. The van der Waals surface area contributed by atoms with Crippen LogP contribution in [0.1, 0.15) is 10.4 Å². The fourth-order valence-electron chi connectivity index (χ4n) is 2.16. The average molecular weight is 264 g/mol. The third-order valence-electron chi connectivity index (χ3n) is 3.08. The summed E-state index contributed by atoms with van der Waals surface area (Å²) in [5.74, 6) is -1.14. The highest BCUT2D eigenvalue weighted by atomic mass is 16.4. The maximum Gasteiger partial charge on any atom is 0.336 e. The highest BCUT2D eigenvalue weighted by Crippen LogP contribution is 2.26. The quantitative estimate of drug-likeness (QED) is 0.772. The molecule has 3 rings (SSSR count). The molecule has 0 aliphatic rings. The van der Waals surface area contributed by atoms with E-state index in [2.05, 4.69) is 4.98 Å². The maximum absolute atomic E-state index is 11.4. The second kappa shape index (κ2) is 4.66. The molecule has 0 aliphatic carbocycles. The summed E-state index contributed by atoms with van der Waals surface area (Å²) in [5.41, 5.74) is 1.88. The Labute approximate surface area is 115 Å². The van der Waals surface area contributed by atoms with Gasteiger partial charge in [0.05, 0.1) is 16.8 Å². The fraction of sp³-hybridized carbons (Fsp3) is 0. The van der Waals surface area contributed by atoms with Crippen molar-refractivity contribution in [2.75, 3.05) is 0 Å². The highest BCUT2D eigenvalue weighted by Gasteiger charge is 2.12. The number of hydrogen-bond donors (Lipinski definition) is 1. The van der Waals surface area contributed by atoms with Crippen LogP contribution >= 0.6 is 0 Å². The van der Waals surface area contributed by atoms with Crippen molar-refractivity contribution in [2.24, 2.45) is 0 Å². The van der Waals surface area contributed by atoms with Crippen LogP contribution in [0.2, 0.25) is 0 Å². The number of para-hydroxylation sites is 1. The van der Waals surface area contributed by atoms with Crippen LogP contribution in [0.15, 0.2) is 54.6 Å². The topological polar surface area (TPSA) is 73.2 Å². The predicted molar refractivity (Wildman–Crippen MR) is 73.6 cm³/mol. The van der Waals surface area contributed by atoms with Crippen LogP contribution in [0.3, 0.4) is 0 Å². The number of benzene rings is 2. The Kier molecular flexibility index (Phi) is 2.84. The van der Waals surface area contributed by atoms with Gasteiger partial charge in [0.1, 0.15) is 0 Å². The third kappa shape index (κ3) is 2.07. The average Bonchev–Trinajstić information content (AvgIpc) is 2.46. The summed E-state index contributed by atoms with van der Waals surface area (Å²) in [6.07, 6.45) is 0. The Morgan fingerprint density at radius 2 is 1.85 bits per heavy atom. The molecule has 0 bridgehead atoms. The molecule has 0 unspecified atom stereocenters. The molecule has 4 heteroatoms. The molecule has 20 heavy (non-hydrogen) atoms. The molecule has 0 spiro atoms. The molecule has 0 saturated carbocycles. The predicted octanol–water partition coefficient (Wildman–Crippen LogP) is 2.67. The van der Waals surface area contributed by atoms with Gasteiger partial charge in [-0.25, -0.2) is 9.78 Å². The van der Waals surface area contributed by atoms with Gasteiger partial charge in [0.2, 0.25) is 0 Å². The van der Waals surface area contributed by atoms with Gasteiger partial charge >= 0.3 is 5.97 Å². The summed E-state index contributed by atoms with van der Waals surface area (Å²) in [6.45, 7) is 0. The minimum absolute atomic E-state index is 0.130. The van der Waals surface area contributed by atoms with E-state index < -0.39 is 5.97 Å². The lowest BCUT2D eigenvalue weighted by atomic mass is 10.0. The van der Waals surface area contributed by atoms with Crippen LogP contribution in [-0.4, -0.2) is 16.1 Å². The van der Waals surface area contributed by atoms with Crippen LogP contribution in [0.5, 0.6) is 5.75 Å². The number of carboxylic acid groups (broad SMARTS) is 1. The molecule has 1 heterocycles. The number of aromatic nitrogens is 1. The Bertz CT molecular complexity index is 812. The first-order valence-electron chi connectivity index (χ1n) is 6.06. The van der Waals surface area contributed by atoms with Crippen molar-refractivity contribution in [3.8, 4) is 17.0 Å². The third-order valence-corrected chi connectivity index (χ3v) is 3.08. The summed E-state index contributed by atoms with van der Waals surface area (Å²) in [5, 5.41) is 21.3. The zero-order chi connectivity index (χ0) is 14.1. The highest BCUT2D eigenvalue weighted by molar-refractivity contribution is 6.03. The monoisotopic (exact) mass is 264 g/mol. The minimum atomic E-state index is -1.01. The van der Waals surface area contributed by atoms with Crippen LogP contribution in [0, 0.1) is 0 Å². The Hall–Kier alpha value is -2.88. The number of hydrogen-bond acceptors (Lipinski definition) is 3. The molecule has 3 aromatic rings. The van der Waals surface area contributed by atoms with Crippen molar-refractivity contribution >= 4 is 16.9 Å². The zero-order valence-corrected chi connectivity index (χ0v) is 10.4. The first-order valence-corrected chi connectivity index (χ1v) is 6.06. The summed E-state index contributed by atoms with van der Waals surface area (Å²) in [4.78, 5) is 15.8. The molecule has 0 atom stereocenters. The lowest BCUT2D eigenvalue weighted by Gasteiger charge is -2.10. The van der Waals surface area contributed by atoms with Gasteiger partial charge in [-0.2, -0.15) is 0 Å². The summed E-state index contributed by atoms with van der Waals surface area (Å²) < 4.78 is 0. The van der Waals surface area contributed by atoms with E-state index >= 15 is 0 Å². The van der Waals surface area contributed by atoms with Gasteiger partial charge in [0.25, 0.3) is 0 Å². The number of carbonyl (C=O) groups is 1. The molecule has 0 radical (unpaired) electrons. The molecular weight excluding hydrogens is 254 g/mol. The second-order valence-corrected chi connectivity index (χ2v) is 4.41. The summed E-state index contributed by atoms with van der Waals surface area (Å²) in [7, 11) is 0. The number of nitrogens with zero attached hydrogens (tertiary/aromatic N) is 1. The van der Waals surface area contributed by atoms with Crippen LogP contribution in [0.25, 0.3) is 22.2 Å². The van der Waals surface area contributed by atoms with E-state index in [0.717, 1.165) is 0 Å². The standard InChI is InChI=1S/C16H11NO3/c18-11-5-3-4-10(8-11)15-9-13(16(19)20)12-6-1-2-7-14(12)17-15/h1-9,18H,(H,19,20)/p-1. The van der Waals surface area contributed by atoms with E-state index in [1.165, 1.54) is 18.2 Å². The van der Waals surface area contributed by atoms with Gasteiger partial charge in [-0.05, 0) is 17.7 Å². The lowest BCUT2D eigenvalue weighted by Crippen LogP contribution is -2.00. The van der Waals surface area contributed by atoms with E-state index in [9.17, 15) is 15.0 Å². The Balaban J connectivity index is 2.30. The molecule has 0 aliphatic heterocycles. The van der Waals surface area contributed by atoms with Crippen molar-refractivity contribution in [1.29, 1.82) is 0 Å². The van der Waals surface area contributed by atoms with Gasteiger partial charge < -0.3 is 10.2 Å². The molecule has 1 aromatic heterocycles. The van der Waals surface area contributed by atoms with Gasteiger partial charge in [0, 0.05) is 5.39 Å². The number of rotatable bonds is 2. The molecule has 1 N–H and O–H groups in total. The Morgan fingerprint density at radius 3 is 2.60 bits per heavy atom. The molecule has 2 aromatic carbocycles. The maximum atomic E-state index is 11.4. The molecule has 0 fully saturated rings. The minimum Gasteiger partial charge on any atom is -0.872 e. The molecular formula is C16H10NO3-. The van der Waals surface area contributed by atoms with Crippen LogP contribution in [-0.2, 0) is 0 Å². The molecule has 0 saturated heterocycles. The van der Waals surface area contributed by atoms with E-state index in [0.29, 0.717) is 22.2 Å². The number of aromatic carboxylic acids is 1.